The van der Waals surface area contributed by atoms with E-state index in [9.17, 15) is 20.1 Å². The SMILES string of the molecule is C[C@H](Cc1cccc(CCC(=O)O)c1)NC[C@H](O)c1ccc(O)c(CO)c1. The van der Waals surface area contributed by atoms with Crippen LogP contribution in [0.4, 0.5) is 0 Å². The fraction of sp³-hybridized carbons (Fsp3) is 0.381. The molecule has 0 radical (unpaired) electrons. The van der Waals surface area contributed by atoms with Gasteiger partial charge in [0.15, 0.2) is 0 Å². The maximum atomic E-state index is 10.7. The van der Waals surface area contributed by atoms with E-state index in [1.54, 1.807) is 12.1 Å². The molecule has 6 heteroatoms. The van der Waals surface area contributed by atoms with E-state index in [2.05, 4.69) is 5.32 Å². The second-order valence-electron chi connectivity index (χ2n) is 6.79. The summed E-state index contributed by atoms with van der Waals surface area (Å²) >= 11 is 0. The first-order valence-corrected chi connectivity index (χ1v) is 9.02. The van der Waals surface area contributed by atoms with Gasteiger partial charge in [0, 0.05) is 24.6 Å². The third kappa shape index (κ3) is 6.67. The number of carboxylic acids is 1. The number of aliphatic hydroxyl groups is 2. The van der Waals surface area contributed by atoms with Gasteiger partial charge >= 0.3 is 5.97 Å². The first-order valence-electron chi connectivity index (χ1n) is 9.02. The number of aryl methyl sites for hydroxylation is 1. The molecule has 0 aliphatic heterocycles. The number of carboxylic acid groups (broad SMARTS) is 1. The van der Waals surface area contributed by atoms with E-state index in [1.807, 2.05) is 31.2 Å². The van der Waals surface area contributed by atoms with Gasteiger partial charge in [0.2, 0.25) is 0 Å². The number of aliphatic carboxylic acids is 1. The van der Waals surface area contributed by atoms with Crippen LogP contribution in [0.2, 0.25) is 0 Å². The van der Waals surface area contributed by atoms with Gasteiger partial charge in [-0.25, -0.2) is 0 Å². The van der Waals surface area contributed by atoms with Gasteiger partial charge in [0.25, 0.3) is 0 Å². The molecule has 0 saturated carbocycles. The van der Waals surface area contributed by atoms with Crippen molar-refractivity contribution >= 4 is 5.97 Å². The molecule has 0 bridgehead atoms. The second kappa shape index (κ2) is 10.1. The van der Waals surface area contributed by atoms with Crippen molar-refractivity contribution in [2.45, 2.75) is 44.9 Å². The molecule has 0 aliphatic rings. The fourth-order valence-electron chi connectivity index (χ4n) is 2.96. The van der Waals surface area contributed by atoms with Gasteiger partial charge in [0.05, 0.1) is 12.7 Å². The molecule has 2 aromatic carbocycles. The van der Waals surface area contributed by atoms with E-state index in [-0.39, 0.29) is 24.8 Å². The molecule has 0 unspecified atom stereocenters. The van der Waals surface area contributed by atoms with E-state index >= 15 is 0 Å². The van der Waals surface area contributed by atoms with Crippen LogP contribution in [-0.4, -0.2) is 39.0 Å². The lowest BCUT2D eigenvalue weighted by Gasteiger charge is -2.18. The highest BCUT2D eigenvalue weighted by atomic mass is 16.4. The van der Waals surface area contributed by atoms with Crippen molar-refractivity contribution in [1.82, 2.24) is 5.32 Å². The van der Waals surface area contributed by atoms with Crippen LogP contribution >= 0.6 is 0 Å². The molecule has 146 valence electrons. The van der Waals surface area contributed by atoms with Gasteiger partial charge in [-0.1, -0.05) is 30.3 Å². The number of hydrogen-bond acceptors (Lipinski definition) is 5. The maximum Gasteiger partial charge on any atom is 0.303 e. The molecule has 0 amide bonds. The van der Waals surface area contributed by atoms with Crippen LogP contribution in [0.3, 0.4) is 0 Å². The normalized spacial score (nSPS) is 13.3. The average Bonchev–Trinajstić information content (AvgIpc) is 2.65. The summed E-state index contributed by atoms with van der Waals surface area (Å²) in [5, 5.41) is 41.2. The molecule has 0 fully saturated rings. The molecule has 0 spiro atoms. The zero-order valence-electron chi connectivity index (χ0n) is 15.4. The predicted octanol–water partition coefficient (Wildman–Crippen LogP) is 2.16. The molecular formula is C21H27NO5. The van der Waals surface area contributed by atoms with Gasteiger partial charge in [-0.2, -0.15) is 0 Å². The minimum absolute atomic E-state index is 0.0116. The van der Waals surface area contributed by atoms with Crippen LogP contribution in [0.1, 0.15) is 41.7 Å². The number of aromatic hydroxyl groups is 1. The molecular weight excluding hydrogens is 346 g/mol. The Kier molecular flexibility index (Phi) is 7.79. The second-order valence-corrected chi connectivity index (χ2v) is 6.79. The highest BCUT2D eigenvalue weighted by Gasteiger charge is 2.12. The number of rotatable bonds is 10. The van der Waals surface area contributed by atoms with Gasteiger partial charge < -0.3 is 25.7 Å². The summed E-state index contributed by atoms with van der Waals surface area (Å²) in [6.07, 6.45) is 0.634. The lowest BCUT2D eigenvalue weighted by Crippen LogP contribution is -2.32. The Hall–Kier alpha value is -2.41. The minimum atomic E-state index is -0.803. The van der Waals surface area contributed by atoms with Crippen LogP contribution in [0.5, 0.6) is 5.75 Å². The predicted molar refractivity (Wildman–Crippen MR) is 103 cm³/mol. The summed E-state index contributed by atoms with van der Waals surface area (Å²) < 4.78 is 0. The van der Waals surface area contributed by atoms with E-state index in [0.717, 1.165) is 17.5 Å². The van der Waals surface area contributed by atoms with Gasteiger partial charge in [0.1, 0.15) is 5.75 Å². The molecule has 2 atom stereocenters. The summed E-state index contributed by atoms with van der Waals surface area (Å²) in [4.78, 5) is 10.7. The first-order chi connectivity index (χ1) is 12.9. The molecule has 0 saturated heterocycles. The summed E-state index contributed by atoms with van der Waals surface area (Å²) in [7, 11) is 0. The van der Waals surface area contributed by atoms with Crippen molar-refractivity contribution < 1.29 is 25.2 Å². The van der Waals surface area contributed by atoms with E-state index < -0.39 is 12.1 Å². The number of phenols is 1. The average molecular weight is 373 g/mol. The van der Waals surface area contributed by atoms with Crippen molar-refractivity contribution in [3.8, 4) is 5.75 Å². The summed E-state index contributed by atoms with van der Waals surface area (Å²) in [6, 6.07) is 12.7. The van der Waals surface area contributed by atoms with Crippen molar-refractivity contribution in [3.63, 3.8) is 0 Å². The number of hydrogen-bond donors (Lipinski definition) is 5. The van der Waals surface area contributed by atoms with Crippen LogP contribution in [0.15, 0.2) is 42.5 Å². The molecule has 6 nitrogen and oxygen atoms in total. The molecule has 2 rings (SSSR count). The van der Waals surface area contributed by atoms with Crippen molar-refractivity contribution in [3.05, 3.63) is 64.7 Å². The Bertz CT molecular complexity index is 762. The van der Waals surface area contributed by atoms with E-state index in [0.29, 0.717) is 24.1 Å². The lowest BCUT2D eigenvalue weighted by molar-refractivity contribution is -0.136. The molecule has 0 aromatic heterocycles. The number of carbonyl (C=O) groups is 1. The van der Waals surface area contributed by atoms with Gasteiger partial charge in [-0.3, -0.25) is 4.79 Å². The number of aliphatic hydroxyl groups excluding tert-OH is 2. The molecule has 27 heavy (non-hydrogen) atoms. The Morgan fingerprint density at radius 2 is 1.89 bits per heavy atom. The minimum Gasteiger partial charge on any atom is -0.508 e. The highest BCUT2D eigenvalue weighted by molar-refractivity contribution is 5.67. The highest BCUT2D eigenvalue weighted by Crippen LogP contribution is 2.22. The van der Waals surface area contributed by atoms with Gasteiger partial charge in [-0.15, -0.1) is 0 Å². The van der Waals surface area contributed by atoms with Crippen molar-refractivity contribution in [1.29, 1.82) is 0 Å². The maximum absolute atomic E-state index is 10.7. The van der Waals surface area contributed by atoms with Gasteiger partial charge in [-0.05, 0) is 48.6 Å². The fourth-order valence-corrected chi connectivity index (χ4v) is 2.96. The third-order valence-corrected chi connectivity index (χ3v) is 4.48. The lowest BCUT2D eigenvalue weighted by atomic mass is 10.0. The summed E-state index contributed by atoms with van der Waals surface area (Å²) in [5.74, 6) is -0.791. The smallest absolute Gasteiger partial charge is 0.303 e. The Morgan fingerprint density at radius 3 is 2.59 bits per heavy atom. The largest absolute Gasteiger partial charge is 0.508 e. The third-order valence-electron chi connectivity index (χ3n) is 4.48. The van der Waals surface area contributed by atoms with Crippen LogP contribution in [0, 0.1) is 0 Å². The molecule has 0 heterocycles. The van der Waals surface area contributed by atoms with Crippen molar-refractivity contribution in [2.75, 3.05) is 6.54 Å². The van der Waals surface area contributed by atoms with Crippen LogP contribution in [-0.2, 0) is 24.2 Å². The van der Waals surface area contributed by atoms with Crippen LogP contribution in [0.25, 0.3) is 0 Å². The summed E-state index contributed by atoms with van der Waals surface area (Å²) in [5.41, 5.74) is 3.13. The van der Waals surface area contributed by atoms with Crippen LogP contribution < -0.4 is 5.32 Å². The summed E-state index contributed by atoms with van der Waals surface area (Å²) in [6.45, 7) is 2.08. The number of benzene rings is 2. The Labute approximate surface area is 159 Å². The zero-order chi connectivity index (χ0) is 19.8. The Morgan fingerprint density at radius 1 is 1.15 bits per heavy atom. The monoisotopic (exact) mass is 373 g/mol. The molecule has 5 N–H and O–H groups in total. The zero-order valence-corrected chi connectivity index (χ0v) is 15.4. The molecule has 0 aliphatic carbocycles. The first kappa shape index (κ1) is 20.9. The Balaban J connectivity index is 1.87. The quantitative estimate of drug-likeness (QED) is 0.437. The topological polar surface area (TPSA) is 110 Å². The van der Waals surface area contributed by atoms with Crippen molar-refractivity contribution in [2.24, 2.45) is 0 Å². The van der Waals surface area contributed by atoms with E-state index in [1.165, 1.54) is 6.07 Å². The molecule has 2 aromatic rings. The van der Waals surface area contributed by atoms with E-state index in [4.69, 9.17) is 5.11 Å². The standard InChI is InChI=1S/C21H27NO5/c1-14(9-16-4-2-3-15(10-16)5-8-21(26)27)22-12-20(25)17-6-7-19(24)18(11-17)13-23/h2-4,6-7,10-11,14,20,22-25H,5,8-9,12-13H2,1H3,(H,26,27)/t14-,20+/m1/s1. The number of nitrogens with one attached hydrogen (secondary N) is 1.